The highest BCUT2D eigenvalue weighted by Gasteiger charge is 2.13. The van der Waals surface area contributed by atoms with Gasteiger partial charge in [-0.1, -0.05) is 30.3 Å². The second kappa shape index (κ2) is 8.61. The van der Waals surface area contributed by atoms with Gasteiger partial charge in [-0.2, -0.15) is 0 Å². The van der Waals surface area contributed by atoms with Gasteiger partial charge in [-0.05, 0) is 49.1 Å². The highest BCUT2D eigenvalue weighted by molar-refractivity contribution is 7.89. The molecule has 0 aliphatic heterocycles. The predicted molar refractivity (Wildman–Crippen MR) is 95.3 cm³/mol. The summed E-state index contributed by atoms with van der Waals surface area (Å²) in [5.74, 6) is -0.192. The Hall–Kier alpha value is -2.18. The second-order valence-electron chi connectivity index (χ2n) is 5.55. The van der Waals surface area contributed by atoms with Crippen molar-refractivity contribution in [2.24, 2.45) is 0 Å². The number of benzene rings is 2. The number of hydrogen-bond donors (Lipinski definition) is 2. The van der Waals surface area contributed by atoms with Gasteiger partial charge >= 0.3 is 0 Å². The van der Waals surface area contributed by atoms with Crippen LogP contribution in [0.5, 0.6) is 0 Å². The molecule has 0 radical (unpaired) electrons. The summed E-state index contributed by atoms with van der Waals surface area (Å²) < 4.78 is 27.0. The quantitative estimate of drug-likeness (QED) is 0.722. The highest BCUT2D eigenvalue weighted by atomic mass is 32.2. The van der Waals surface area contributed by atoms with Gasteiger partial charge in [0.1, 0.15) is 0 Å². The van der Waals surface area contributed by atoms with Gasteiger partial charge in [0.15, 0.2) is 0 Å². The van der Waals surface area contributed by atoms with E-state index in [0.29, 0.717) is 12.2 Å². The maximum atomic E-state index is 12.2. The van der Waals surface area contributed by atoms with E-state index in [-0.39, 0.29) is 10.8 Å². The number of carbonyl (C=O) groups is 1. The Morgan fingerprint density at radius 1 is 0.958 bits per heavy atom. The molecular weight excluding hydrogens is 324 g/mol. The minimum absolute atomic E-state index is 0.192. The molecule has 0 aromatic heterocycles. The fraction of sp³-hybridized carbons (Fsp3) is 0.278. The lowest BCUT2D eigenvalue weighted by atomic mass is 10.1. The van der Waals surface area contributed by atoms with Crippen LogP contribution in [0.1, 0.15) is 25.3 Å². The maximum absolute atomic E-state index is 12.2. The van der Waals surface area contributed by atoms with Gasteiger partial charge in [0.25, 0.3) is 0 Å². The summed E-state index contributed by atoms with van der Waals surface area (Å²) in [6.07, 6.45) is 2.64. The van der Waals surface area contributed by atoms with Crippen LogP contribution in [-0.4, -0.2) is 20.9 Å². The third-order valence-electron chi connectivity index (χ3n) is 3.51. The molecule has 2 rings (SSSR count). The molecule has 0 atom stereocenters. The van der Waals surface area contributed by atoms with Crippen molar-refractivity contribution >= 4 is 21.6 Å². The van der Waals surface area contributed by atoms with Crippen LogP contribution < -0.4 is 10.0 Å². The third-order valence-corrected chi connectivity index (χ3v) is 4.99. The van der Waals surface area contributed by atoms with Crippen molar-refractivity contribution in [3.05, 3.63) is 60.2 Å². The first-order valence-electron chi connectivity index (χ1n) is 7.88. The molecule has 0 saturated heterocycles. The number of anilines is 1. The normalized spacial score (nSPS) is 11.2. The minimum atomic E-state index is -3.51. The summed E-state index contributed by atoms with van der Waals surface area (Å²) in [5.41, 5.74) is 1.83. The van der Waals surface area contributed by atoms with Crippen molar-refractivity contribution in [2.45, 2.75) is 31.1 Å². The van der Waals surface area contributed by atoms with Crippen molar-refractivity contribution in [3.8, 4) is 0 Å². The van der Waals surface area contributed by atoms with Crippen molar-refractivity contribution in [1.82, 2.24) is 4.72 Å². The summed E-state index contributed by atoms with van der Waals surface area (Å²) in [4.78, 5) is 11.2. The lowest BCUT2D eigenvalue weighted by Gasteiger charge is -2.08. The first-order chi connectivity index (χ1) is 11.5. The fourth-order valence-corrected chi connectivity index (χ4v) is 3.38. The van der Waals surface area contributed by atoms with Crippen molar-refractivity contribution < 1.29 is 13.2 Å². The minimum Gasteiger partial charge on any atom is -0.326 e. The van der Waals surface area contributed by atoms with E-state index in [1.165, 1.54) is 24.6 Å². The second-order valence-corrected chi connectivity index (χ2v) is 7.31. The number of hydrogen-bond acceptors (Lipinski definition) is 3. The van der Waals surface area contributed by atoms with Crippen molar-refractivity contribution in [1.29, 1.82) is 0 Å². The smallest absolute Gasteiger partial charge is 0.240 e. The predicted octanol–water partition coefficient (Wildman–Crippen LogP) is 2.95. The van der Waals surface area contributed by atoms with Crippen LogP contribution in [0.2, 0.25) is 0 Å². The molecule has 0 aliphatic carbocycles. The molecule has 0 saturated carbocycles. The van der Waals surface area contributed by atoms with E-state index >= 15 is 0 Å². The SMILES string of the molecule is CC(=O)Nc1ccc(S(=O)(=O)NCCCCc2ccccc2)cc1. The molecule has 0 fully saturated rings. The molecule has 6 heteroatoms. The fourth-order valence-electron chi connectivity index (χ4n) is 2.31. The number of nitrogens with one attached hydrogen (secondary N) is 2. The van der Waals surface area contributed by atoms with E-state index in [2.05, 4.69) is 22.2 Å². The Morgan fingerprint density at radius 3 is 2.25 bits per heavy atom. The van der Waals surface area contributed by atoms with Crippen molar-refractivity contribution in [2.75, 3.05) is 11.9 Å². The summed E-state index contributed by atoms with van der Waals surface area (Å²) >= 11 is 0. The number of sulfonamides is 1. The Balaban J connectivity index is 1.79. The molecule has 0 unspecified atom stereocenters. The Morgan fingerprint density at radius 2 is 1.62 bits per heavy atom. The molecule has 0 heterocycles. The topological polar surface area (TPSA) is 75.3 Å². The summed E-state index contributed by atoms with van der Waals surface area (Å²) in [6.45, 7) is 1.81. The molecule has 0 spiro atoms. The zero-order valence-electron chi connectivity index (χ0n) is 13.7. The lowest BCUT2D eigenvalue weighted by Crippen LogP contribution is -2.24. The van der Waals surface area contributed by atoms with E-state index in [1.807, 2.05) is 18.2 Å². The Labute approximate surface area is 143 Å². The van der Waals surface area contributed by atoms with Crippen LogP contribution in [-0.2, 0) is 21.2 Å². The standard InChI is InChI=1S/C18H22N2O3S/c1-15(21)20-17-10-12-18(13-11-17)24(22,23)19-14-6-5-9-16-7-3-2-4-8-16/h2-4,7-8,10-13,19H,5-6,9,14H2,1H3,(H,20,21). The molecule has 0 aliphatic rings. The average molecular weight is 346 g/mol. The number of amides is 1. The van der Waals surface area contributed by atoms with E-state index in [1.54, 1.807) is 12.1 Å². The highest BCUT2D eigenvalue weighted by Crippen LogP contribution is 2.14. The molecule has 2 aromatic carbocycles. The molecule has 2 aromatic rings. The monoisotopic (exact) mass is 346 g/mol. The average Bonchev–Trinajstić information content (AvgIpc) is 2.55. The van der Waals surface area contributed by atoms with Gasteiger partial charge in [-0.3, -0.25) is 4.79 Å². The van der Waals surface area contributed by atoms with Gasteiger partial charge in [0.05, 0.1) is 4.90 Å². The first kappa shape index (κ1) is 18.2. The molecule has 1 amide bonds. The summed E-state index contributed by atoms with van der Waals surface area (Å²) in [5, 5.41) is 2.60. The molecule has 128 valence electrons. The van der Waals surface area contributed by atoms with Crippen LogP contribution in [0.4, 0.5) is 5.69 Å². The van der Waals surface area contributed by atoms with Crippen LogP contribution >= 0.6 is 0 Å². The molecular formula is C18H22N2O3S. The third kappa shape index (κ3) is 5.79. The van der Waals surface area contributed by atoms with E-state index in [9.17, 15) is 13.2 Å². The molecule has 24 heavy (non-hydrogen) atoms. The van der Waals surface area contributed by atoms with Crippen LogP contribution in [0, 0.1) is 0 Å². The van der Waals surface area contributed by atoms with Crippen LogP contribution in [0.25, 0.3) is 0 Å². The van der Waals surface area contributed by atoms with E-state index in [0.717, 1.165) is 19.3 Å². The number of aryl methyl sites for hydroxylation is 1. The molecule has 2 N–H and O–H groups in total. The van der Waals surface area contributed by atoms with Crippen molar-refractivity contribution in [3.63, 3.8) is 0 Å². The van der Waals surface area contributed by atoms with E-state index in [4.69, 9.17) is 0 Å². The number of unbranched alkanes of at least 4 members (excludes halogenated alkanes) is 1. The van der Waals surface area contributed by atoms with Gasteiger partial charge in [-0.15, -0.1) is 0 Å². The van der Waals surface area contributed by atoms with Crippen LogP contribution in [0.15, 0.2) is 59.5 Å². The Bertz CT molecular complexity index is 757. The largest absolute Gasteiger partial charge is 0.326 e. The number of carbonyl (C=O) groups excluding carboxylic acids is 1. The van der Waals surface area contributed by atoms with Gasteiger partial charge in [0, 0.05) is 19.2 Å². The van der Waals surface area contributed by atoms with E-state index < -0.39 is 10.0 Å². The van der Waals surface area contributed by atoms with Gasteiger partial charge in [-0.25, -0.2) is 13.1 Å². The van der Waals surface area contributed by atoms with Gasteiger partial charge < -0.3 is 5.32 Å². The van der Waals surface area contributed by atoms with Gasteiger partial charge in [0.2, 0.25) is 15.9 Å². The maximum Gasteiger partial charge on any atom is 0.240 e. The summed E-state index contributed by atoms with van der Waals surface area (Å²) in [7, 11) is -3.51. The lowest BCUT2D eigenvalue weighted by molar-refractivity contribution is -0.114. The molecule has 0 bridgehead atoms. The number of rotatable bonds is 8. The zero-order valence-corrected chi connectivity index (χ0v) is 14.5. The molecule has 5 nitrogen and oxygen atoms in total. The zero-order chi connectivity index (χ0) is 17.4. The Kier molecular flexibility index (Phi) is 6.52. The first-order valence-corrected chi connectivity index (χ1v) is 9.37. The van der Waals surface area contributed by atoms with Crippen LogP contribution in [0.3, 0.4) is 0 Å². The summed E-state index contributed by atoms with van der Waals surface area (Å²) in [6, 6.07) is 16.2.